The number of halogens is 1. The number of aryl methyl sites for hydroxylation is 1. The molecule has 0 radical (unpaired) electrons. The van der Waals surface area contributed by atoms with Crippen LogP contribution in [0.2, 0.25) is 0 Å². The number of aromatic nitrogens is 2. The van der Waals surface area contributed by atoms with E-state index in [-0.39, 0.29) is 29.9 Å². The average Bonchev–Trinajstić information content (AvgIpc) is 3.21. The number of guanidine groups is 1. The molecule has 2 N–H and O–H groups in total. The topological polar surface area (TPSA) is 74.5 Å². The van der Waals surface area contributed by atoms with Gasteiger partial charge in [0, 0.05) is 51.7 Å². The maximum Gasteiger partial charge on any atom is 0.253 e. The zero-order valence-corrected chi connectivity index (χ0v) is 22.7. The summed E-state index contributed by atoms with van der Waals surface area (Å²) < 4.78 is 2.13. The van der Waals surface area contributed by atoms with Crippen molar-refractivity contribution in [3.05, 3.63) is 89.0 Å². The van der Waals surface area contributed by atoms with Gasteiger partial charge < -0.3 is 20.1 Å². The van der Waals surface area contributed by atoms with Crippen LogP contribution < -0.4 is 10.6 Å². The largest absolute Gasteiger partial charge is 0.357 e. The molecule has 3 aromatic rings. The van der Waals surface area contributed by atoms with E-state index in [0.717, 1.165) is 49.0 Å². The van der Waals surface area contributed by atoms with Crippen molar-refractivity contribution in [3.63, 3.8) is 0 Å². The third kappa shape index (κ3) is 8.16. The highest BCUT2D eigenvalue weighted by molar-refractivity contribution is 14.0. The van der Waals surface area contributed by atoms with Crippen LogP contribution in [0.3, 0.4) is 0 Å². The van der Waals surface area contributed by atoms with Crippen LogP contribution >= 0.6 is 24.0 Å². The van der Waals surface area contributed by atoms with Gasteiger partial charge in [0.1, 0.15) is 5.82 Å². The number of aliphatic imine (C=N–C) groups is 1. The van der Waals surface area contributed by atoms with Crippen LogP contribution in [-0.4, -0.2) is 53.5 Å². The summed E-state index contributed by atoms with van der Waals surface area (Å²) >= 11 is 0. The third-order valence-corrected chi connectivity index (χ3v) is 5.32. The predicted octanol–water partition coefficient (Wildman–Crippen LogP) is 3.86. The molecule has 182 valence electrons. The highest BCUT2D eigenvalue weighted by Crippen LogP contribution is 2.10. The van der Waals surface area contributed by atoms with E-state index in [0.29, 0.717) is 12.1 Å². The molecule has 0 saturated carbocycles. The number of imidazole rings is 1. The van der Waals surface area contributed by atoms with Crippen LogP contribution in [0.1, 0.15) is 39.8 Å². The van der Waals surface area contributed by atoms with Crippen molar-refractivity contribution >= 4 is 35.8 Å². The molecular weight excluding hydrogens is 539 g/mol. The Kier molecular flexibility index (Phi) is 11.1. The molecule has 0 aliphatic carbocycles. The predicted molar refractivity (Wildman–Crippen MR) is 149 cm³/mol. The fourth-order valence-electron chi connectivity index (χ4n) is 3.55. The summed E-state index contributed by atoms with van der Waals surface area (Å²) in [5.74, 6) is 1.81. The van der Waals surface area contributed by atoms with Gasteiger partial charge in [0.05, 0.1) is 6.54 Å². The highest BCUT2D eigenvalue weighted by atomic mass is 127. The maximum absolute atomic E-state index is 12.2. The van der Waals surface area contributed by atoms with Crippen molar-refractivity contribution in [2.75, 3.05) is 27.2 Å². The second-order valence-electron chi connectivity index (χ2n) is 8.19. The summed E-state index contributed by atoms with van der Waals surface area (Å²) in [5, 5.41) is 6.71. The number of nitrogens with zero attached hydrogens (tertiary/aromatic N) is 4. The van der Waals surface area contributed by atoms with E-state index in [1.165, 1.54) is 5.56 Å². The summed E-state index contributed by atoms with van der Waals surface area (Å²) in [6, 6.07) is 16.3. The Balaban J connectivity index is 0.00000408. The molecule has 1 amide bonds. The van der Waals surface area contributed by atoms with Gasteiger partial charge in [-0.1, -0.05) is 36.4 Å². The normalized spacial score (nSPS) is 11.0. The lowest BCUT2D eigenvalue weighted by atomic mass is 10.1. The Bertz CT molecular complexity index is 1090. The van der Waals surface area contributed by atoms with Gasteiger partial charge in [0.2, 0.25) is 0 Å². The van der Waals surface area contributed by atoms with Crippen LogP contribution in [-0.2, 0) is 19.5 Å². The van der Waals surface area contributed by atoms with Crippen LogP contribution in [0, 0.1) is 6.92 Å². The Morgan fingerprint density at radius 2 is 1.79 bits per heavy atom. The fraction of sp³-hybridized carbons (Fsp3) is 0.346. The van der Waals surface area contributed by atoms with E-state index in [1.54, 1.807) is 19.0 Å². The molecule has 0 bridgehead atoms. The average molecular weight is 575 g/mol. The molecule has 34 heavy (non-hydrogen) atoms. The summed E-state index contributed by atoms with van der Waals surface area (Å²) in [6.07, 6.45) is 4.63. The molecule has 8 heteroatoms. The molecule has 0 fully saturated rings. The first-order valence-corrected chi connectivity index (χ1v) is 11.3. The Labute approximate surface area is 219 Å². The molecule has 0 aliphatic heterocycles. The number of rotatable bonds is 9. The molecule has 0 spiro atoms. The standard InChI is InChI=1S/C26H34N6O.HI/c1-5-27-26(29-13-12-21-8-7-11-24(17-21)25(33)31(3)4)30-18-22-9-6-10-23(16-22)19-32-15-14-28-20(32)2;/h6-11,14-17H,5,12-13,18-19H2,1-4H3,(H2,27,29,30);1H. The molecule has 0 aliphatic rings. The molecule has 7 nitrogen and oxygen atoms in total. The molecule has 1 heterocycles. The minimum atomic E-state index is 0. The lowest BCUT2D eigenvalue weighted by Crippen LogP contribution is -2.38. The summed E-state index contributed by atoms with van der Waals surface area (Å²) in [7, 11) is 3.54. The van der Waals surface area contributed by atoms with Crippen molar-refractivity contribution in [1.29, 1.82) is 0 Å². The lowest BCUT2D eigenvalue weighted by molar-refractivity contribution is 0.0827. The molecular formula is C26H35IN6O. The number of carbonyl (C=O) groups is 1. The van der Waals surface area contributed by atoms with Crippen molar-refractivity contribution < 1.29 is 4.79 Å². The second-order valence-corrected chi connectivity index (χ2v) is 8.19. The number of nitrogens with one attached hydrogen (secondary N) is 2. The van der Waals surface area contributed by atoms with E-state index in [2.05, 4.69) is 51.4 Å². The van der Waals surface area contributed by atoms with Crippen molar-refractivity contribution in [2.45, 2.75) is 33.4 Å². The van der Waals surface area contributed by atoms with Crippen LogP contribution in [0.5, 0.6) is 0 Å². The number of benzene rings is 2. The van der Waals surface area contributed by atoms with E-state index in [9.17, 15) is 4.79 Å². The van der Waals surface area contributed by atoms with Crippen molar-refractivity contribution in [1.82, 2.24) is 25.1 Å². The summed E-state index contributed by atoms with van der Waals surface area (Å²) in [5.41, 5.74) is 4.23. The number of carbonyl (C=O) groups excluding carboxylic acids is 1. The Morgan fingerprint density at radius 3 is 2.50 bits per heavy atom. The van der Waals surface area contributed by atoms with Crippen LogP contribution in [0.15, 0.2) is 65.9 Å². The van der Waals surface area contributed by atoms with Gasteiger partial charge in [-0.3, -0.25) is 4.79 Å². The van der Waals surface area contributed by atoms with Gasteiger partial charge in [-0.05, 0) is 49.1 Å². The number of hydrogen-bond acceptors (Lipinski definition) is 3. The van der Waals surface area contributed by atoms with Gasteiger partial charge in [0.25, 0.3) is 5.91 Å². The van der Waals surface area contributed by atoms with Crippen molar-refractivity contribution in [2.24, 2.45) is 4.99 Å². The zero-order chi connectivity index (χ0) is 23.6. The lowest BCUT2D eigenvalue weighted by Gasteiger charge is -2.13. The number of amides is 1. The fourth-order valence-corrected chi connectivity index (χ4v) is 3.55. The van der Waals surface area contributed by atoms with E-state index >= 15 is 0 Å². The number of hydrogen-bond donors (Lipinski definition) is 2. The first-order valence-electron chi connectivity index (χ1n) is 11.3. The van der Waals surface area contributed by atoms with E-state index in [1.807, 2.05) is 43.6 Å². The second kappa shape index (κ2) is 13.7. The SMILES string of the molecule is CCNC(=NCc1cccc(Cn2ccnc2C)c1)NCCc1cccc(C(=O)N(C)C)c1.I. The van der Waals surface area contributed by atoms with Crippen molar-refractivity contribution in [3.8, 4) is 0 Å². The van der Waals surface area contributed by atoms with Gasteiger partial charge in [0.15, 0.2) is 5.96 Å². The maximum atomic E-state index is 12.2. The summed E-state index contributed by atoms with van der Waals surface area (Å²) in [6.45, 7) is 6.99. The van der Waals surface area contributed by atoms with Gasteiger partial charge in [-0.15, -0.1) is 24.0 Å². The summed E-state index contributed by atoms with van der Waals surface area (Å²) in [4.78, 5) is 22.8. The quantitative estimate of drug-likeness (QED) is 0.231. The smallest absolute Gasteiger partial charge is 0.253 e. The molecule has 0 atom stereocenters. The monoisotopic (exact) mass is 574 g/mol. The Hall–Kier alpha value is -2.88. The minimum Gasteiger partial charge on any atom is -0.357 e. The molecule has 0 saturated heterocycles. The Morgan fingerprint density at radius 1 is 1.06 bits per heavy atom. The first kappa shape index (κ1) is 27.4. The van der Waals surface area contributed by atoms with Gasteiger partial charge in [-0.25, -0.2) is 9.98 Å². The highest BCUT2D eigenvalue weighted by Gasteiger charge is 2.08. The zero-order valence-electron chi connectivity index (χ0n) is 20.4. The third-order valence-electron chi connectivity index (χ3n) is 5.32. The molecule has 3 rings (SSSR count). The van der Waals surface area contributed by atoms with E-state index < -0.39 is 0 Å². The first-order chi connectivity index (χ1) is 16.0. The van der Waals surface area contributed by atoms with Gasteiger partial charge >= 0.3 is 0 Å². The molecule has 0 unspecified atom stereocenters. The minimum absolute atomic E-state index is 0. The van der Waals surface area contributed by atoms with Crippen LogP contribution in [0.4, 0.5) is 0 Å². The molecule has 1 aromatic heterocycles. The van der Waals surface area contributed by atoms with Crippen LogP contribution in [0.25, 0.3) is 0 Å². The van der Waals surface area contributed by atoms with E-state index in [4.69, 9.17) is 4.99 Å². The molecule has 2 aromatic carbocycles. The van der Waals surface area contributed by atoms with Gasteiger partial charge in [-0.2, -0.15) is 0 Å².